The molecule has 2 rings (SSSR count). The van der Waals surface area contributed by atoms with Gasteiger partial charge in [-0.3, -0.25) is 0 Å². The van der Waals surface area contributed by atoms with Crippen molar-refractivity contribution in [2.24, 2.45) is 0 Å². The van der Waals surface area contributed by atoms with Crippen LogP contribution in [0.1, 0.15) is 11.7 Å². The summed E-state index contributed by atoms with van der Waals surface area (Å²) in [5, 5.41) is 19.5. The Kier molecular flexibility index (Phi) is 3.74. The fraction of sp³-hybridized carbons (Fsp3) is 0.222. The van der Waals surface area contributed by atoms with Gasteiger partial charge in [0.15, 0.2) is 5.13 Å². The fourth-order valence-electron chi connectivity index (χ4n) is 1.10. The Balaban J connectivity index is 1.88. The molecule has 0 fully saturated rings. The molecule has 0 aliphatic heterocycles. The van der Waals surface area contributed by atoms with Crippen molar-refractivity contribution in [1.29, 1.82) is 0 Å². The molecule has 6 heteroatoms. The van der Waals surface area contributed by atoms with E-state index in [0.717, 1.165) is 15.3 Å². The zero-order chi connectivity index (χ0) is 10.7. The summed E-state index contributed by atoms with van der Waals surface area (Å²) in [6.45, 7) is 0.483. The first-order valence-electron chi connectivity index (χ1n) is 4.31. The van der Waals surface area contributed by atoms with E-state index in [1.807, 2.05) is 22.2 Å². The van der Waals surface area contributed by atoms with E-state index in [9.17, 15) is 5.11 Å². The van der Waals surface area contributed by atoms with E-state index in [4.69, 9.17) is 0 Å². The number of anilines is 1. The number of halogens is 1. The molecule has 0 amide bonds. The summed E-state index contributed by atoms with van der Waals surface area (Å²) in [6, 6.07) is 1.93. The standard InChI is InChI=1S/C9H9BrN2OS2/c10-8-5-15-9(12-8)11-3-7(13)6-1-2-14-4-6/h1-2,4-5,7,13H,3H2,(H,11,12). The van der Waals surface area contributed by atoms with Crippen molar-refractivity contribution in [3.8, 4) is 0 Å². The van der Waals surface area contributed by atoms with E-state index in [2.05, 4.69) is 26.2 Å². The third kappa shape index (κ3) is 3.01. The van der Waals surface area contributed by atoms with E-state index in [0.29, 0.717) is 6.54 Å². The van der Waals surface area contributed by atoms with Crippen molar-refractivity contribution in [3.63, 3.8) is 0 Å². The zero-order valence-corrected chi connectivity index (χ0v) is 10.9. The Morgan fingerprint density at radius 1 is 1.53 bits per heavy atom. The van der Waals surface area contributed by atoms with Gasteiger partial charge in [0.25, 0.3) is 0 Å². The largest absolute Gasteiger partial charge is 0.387 e. The average molecular weight is 305 g/mol. The highest BCUT2D eigenvalue weighted by atomic mass is 79.9. The molecule has 1 atom stereocenters. The molecule has 0 aromatic carbocycles. The maximum Gasteiger partial charge on any atom is 0.183 e. The van der Waals surface area contributed by atoms with Gasteiger partial charge in [0.1, 0.15) is 4.60 Å². The summed E-state index contributed by atoms with van der Waals surface area (Å²) in [6.07, 6.45) is -0.473. The Morgan fingerprint density at radius 2 is 2.40 bits per heavy atom. The number of aliphatic hydroxyl groups is 1. The van der Waals surface area contributed by atoms with Gasteiger partial charge >= 0.3 is 0 Å². The molecule has 2 aromatic rings. The number of hydrogen-bond donors (Lipinski definition) is 2. The van der Waals surface area contributed by atoms with Gasteiger partial charge in [-0.15, -0.1) is 11.3 Å². The Morgan fingerprint density at radius 3 is 3.00 bits per heavy atom. The fourth-order valence-corrected chi connectivity index (χ4v) is 2.96. The van der Waals surface area contributed by atoms with Gasteiger partial charge in [-0.05, 0) is 38.3 Å². The highest BCUT2D eigenvalue weighted by Crippen LogP contribution is 2.21. The van der Waals surface area contributed by atoms with Gasteiger partial charge in [-0.2, -0.15) is 11.3 Å². The van der Waals surface area contributed by atoms with E-state index in [-0.39, 0.29) is 0 Å². The number of nitrogens with one attached hydrogen (secondary N) is 1. The molecule has 15 heavy (non-hydrogen) atoms. The van der Waals surface area contributed by atoms with E-state index in [1.165, 1.54) is 11.3 Å². The van der Waals surface area contributed by atoms with Crippen LogP contribution in [0.15, 0.2) is 26.8 Å². The third-order valence-corrected chi connectivity index (χ3v) is 4.06. The van der Waals surface area contributed by atoms with Crippen molar-refractivity contribution >= 4 is 43.7 Å². The molecule has 0 saturated heterocycles. The molecule has 2 aromatic heterocycles. The third-order valence-electron chi connectivity index (χ3n) is 1.85. The van der Waals surface area contributed by atoms with Crippen molar-refractivity contribution < 1.29 is 5.11 Å². The van der Waals surface area contributed by atoms with Crippen LogP contribution in [0.4, 0.5) is 5.13 Å². The minimum atomic E-state index is -0.473. The van der Waals surface area contributed by atoms with Gasteiger partial charge in [0, 0.05) is 11.9 Å². The second-order valence-electron chi connectivity index (χ2n) is 2.93. The van der Waals surface area contributed by atoms with Crippen LogP contribution in [0.2, 0.25) is 0 Å². The minimum Gasteiger partial charge on any atom is -0.387 e. The molecule has 80 valence electrons. The van der Waals surface area contributed by atoms with E-state index < -0.39 is 6.10 Å². The lowest BCUT2D eigenvalue weighted by Gasteiger charge is -2.08. The van der Waals surface area contributed by atoms with Crippen LogP contribution < -0.4 is 5.32 Å². The molecule has 0 spiro atoms. The van der Waals surface area contributed by atoms with Crippen molar-refractivity contribution in [2.75, 3.05) is 11.9 Å². The maximum absolute atomic E-state index is 9.79. The van der Waals surface area contributed by atoms with Gasteiger partial charge in [-0.1, -0.05) is 0 Å². The number of rotatable bonds is 4. The maximum atomic E-state index is 9.79. The SMILES string of the molecule is OC(CNc1nc(Br)cs1)c1ccsc1. The van der Waals surface area contributed by atoms with Crippen LogP contribution in [0, 0.1) is 0 Å². The predicted molar refractivity (Wildman–Crippen MR) is 67.6 cm³/mol. The molecular weight excluding hydrogens is 296 g/mol. The summed E-state index contributed by atoms with van der Waals surface area (Å²) in [5.74, 6) is 0. The van der Waals surface area contributed by atoms with Crippen molar-refractivity contribution in [3.05, 3.63) is 32.4 Å². The topological polar surface area (TPSA) is 45.1 Å². The lowest BCUT2D eigenvalue weighted by molar-refractivity contribution is 0.192. The van der Waals surface area contributed by atoms with Crippen LogP contribution in [-0.4, -0.2) is 16.6 Å². The Bertz CT molecular complexity index is 415. The number of aliphatic hydroxyl groups excluding tert-OH is 1. The molecular formula is C9H9BrN2OS2. The van der Waals surface area contributed by atoms with Gasteiger partial charge in [0.2, 0.25) is 0 Å². The first kappa shape index (κ1) is 11.1. The molecule has 1 unspecified atom stereocenters. The van der Waals surface area contributed by atoms with E-state index in [1.54, 1.807) is 11.3 Å². The first-order valence-corrected chi connectivity index (χ1v) is 6.92. The summed E-state index contributed by atoms with van der Waals surface area (Å²) in [5.41, 5.74) is 0.947. The Hall–Kier alpha value is -0.430. The van der Waals surface area contributed by atoms with Gasteiger partial charge in [0.05, 0.1) is 6.10 Å². The number of thiophene rings is 1. The molecule has 0 aliphatic carbocycles. The quantitative estimate of drug-likeness (QED) is 0.912. The lowest BCUT2D eigenvalue weighted by Crippen LogP contribution is -2.11. The van der Waals surface area contributed by atoms with Crippen LogP contribution in [0.3, 0.4) is 0 Å². The summed E-state index contributed by atoms with van der Waals surface area (Å²) in [7, 11) is 0. The predicted octanol–water partition coefficient (Wildman–Crippen LogP) is 3.11. The molecule has 2 heterocycles. The molecule has 2 N–H and O–H groups in total. The number of aromatic nitrogens is 1. The normalized spacial score (nSPS) is 12.7. The highest BCUT2D eigenvalue weighted by molar-refractivity contribution is 9.10. The summed E-state index contributed by atoms with van der Waals surface area (Å²) < 4.78 is 0.819. The van der Waals surface area contributed by atoms with Gasteiger partial charge < -0.3 is 10.4 Å². The second kappa shape index (κ2) is 5.07. The van der Waals surface area contributed by atoms with Gasteiger partial charge in [-0.25, -0.2) is 4.98 Å². The zero-order valence-electron chi connectivity index (χ0n) is 7.68. The van der Waals surface area contributed by atoms with Crippen LogP contribution in [-0.2, 0) is 0 Å². The van der Waals surface area contributed by atoms with E-state index >= 15 is 0 Å². The van der Waals surface area contributed by atoms with Crippen LogP contribution in [0.25, 0.3) is 0 Å². The number of nitrogens with zero attached hydrogens (tertiary/aromatic N) is 1. The summed E-state index contributed by atoms with van der Waals surface area (Å²) in [4.78, 5) is 4.18. The van der Waals surface area contributed by atoms with Crippen molar-refractivity contribution in [2.45, 2.75) is 6.10 Å². The molecule has 0 aliphatic rings. The molecule has 0 saturated carbocycles. The molecule has 0 bridgehead atoms. The van der Waals surface area contributed by atoms with Crippen LogP contribution in [0.5, 0.6) is 0 Å². The summed E-state index contributed by atoms with van der Waals surface area (Å²) >= 11 is 6.37. The van der Waals surface area contributed by atoms with Crippen LogP contribution >= 0.6 is 38.6 Å². The Labute approximate surface area is 104 Å². The molecule has 3 nitrogen and oxygen atoms in total. The first-order chi connectivity index (χ1) is 7.25. The second-order valence-corrected chi connectivity index (χ2v) is 5.38. The smallest absolute Gasteiger partial charge is 0.183 e. The average Bonchev–Trinajstić information content (AvgIpc) is 2.84. The number of hydrogen-bond acceptors (Lipinski definition) is 5. The highest BCUT2D eigenvalue weighted by Gasteiger charge is 2.08. The lowest BCUT2D eigenvalue weighted by atomic mass is 10.2. The monoisotopic (exact) mass is 304 g/mol. The van der Waals surface area contributed by atoms with Crippen molar-refractivity contribution in [1.82, 2.24) is 4.98 Å². The molecule has 0 radical (unpaired) electrons. The number of thiazole rings is 1. The minimum absolute atomic E-state index is 0.473.